The molecule has 6 nitrogen and oxygen atoms in total. The molecule has 2 saturated heterocycles. The summed E-state index contributed by atoms with van der Waals surface area (Å²) in [5.74, 6) is -0.765. The van der Waals surface area contributed by atoms with Crippen LogP contribution in [0.4, 0.5) is 0 Å². The van der Waals surface area contributed by atoms with Crippen molar-refractivity contribution in [2.24, 2.45) is 5.92 Å². The Morgan fingerprint density at radius 2 is 1.90 bits per heavy atom. The molecule has 3 atom stereocenters. The average molecular weight is 284 g/mol. The number of rotatable bonds is 6. The van der Waals surface area contributed by atoms with Crippen molar-refractivity contribution in [3.63, 3.8) is 0 Å². The van der Waals surface area contributed by atoms with Gasteiger partial charge in [0.2, 0.25) is 5.91 Å². The van der Waals surface area contributed by atoms with E-state index >= 15 is 0 Å². The Labute approximate surface area is 118 Å². The number of aliphatic hydroxyl groups is 1. The zero-order valence-corrected chi connectivity index (χ0v) is 11.9. The minimum Gasteiger partial charge on any atom is -0.481 e. The molecule has 6 heteroatoms. The van der Waals surface area contributed by atoms with Crippen LogP contribution in [-0.2, 0) is 9.59 Å². The SMILES string of the molecule is CC(O)(CNC(=O)CC1CC2CCC(C1)N2)CC(=O)O. The zero-order valence-electron chi connectivity index (χ0n) is 11.9. The number of piperidine rings is 1. The minimum absolute atomic E-state index is 0.0179. The van der Waals surface area contributed by atoms with Gasteiger partial charge in [-0.3, -0.25) is 9.59 Å². The third kappa shape index (κ3) is 4.45. The summed E-state index contributed by atoms with van der Waals surface area (Å²) in [7, 11) is 0. The van der Waals surface area contributed by atoms with Gasteiger partial charge in [-0.25, -0.2) is 0 Å². The summed E-state index contributed by atoms with van der Waals surface area (Å²) >= 11 is 0. The molecule has 2 rings (SSSR count). The van der Waals surface area contributed by atoms with Crippen molar-refractivity contribution < 1.29 is 19.8 Å². The molecule has 20 heavy (non-hydrogen) atoms. The van der Waals surface area contributed by atoms with Crippen LogP contribution < -0.4 is 10.6 Å². The number of carboxylic acids is 1. The van der Waals surface area contributed by atoms with E-state index in [2.05, 4.69) is 10.6 Å². The summed E-state index contributed by atoms with van der Waals surface area (Å²) in [5.41, 5.74) is -1.39. The van der Waals surface area contributed by atoms with Crippen molar-refractivity contribution in [3.8, 4) is 0 Å². The largest absolute Gasteiger partial charge is 0.481 e. The molecule has 4 N–H and O–H groups in total. The number of carbonyl (C=O) groups excluding carboxylic acids is 1. The van der Waals surface area contributed by atoms with E-state index in [1.54, 1.807) is 0 Å². The highest BCUT2D eigenvalue weighted by Crippen LogP contribution is 2.32. The normalized spacial score (nSPS) is 31.6. The van der Waals surface area contributed by atoms with Gasteiger partial charge in [-0.15, -0.1) is 0 Å². The molecule has 2 heterocycles. The first-order valence-corrected chi connectivity index (χ1v) is 7.31. The molecule has 0 aromatic carbocycles. The number of hydrogen-bond donors (Lipinski definition) is 4. The second kappa shape index (κ2) is 6.10. The molecule has 0 aliphatic carbocycles. The van der Waals surface area contributed by atoms with Crippen LogP contribution in [0.3, 0.4) is 0 Å². The lowest BCUT2D eigenvalue weighted by Crippen LogP contribution is -2.44. The molecule has 2 bridgehead atoms. The van der Waals surface area contributed by atoms with Gasteiger partial charge in [0.1, 0.15) is 0 Å². The molecule has 0 spiro atoms. The Bertz CT molecular complexity index is 371. The number of carboxylic acid groups (broad SMARTS) is 1. The number of nitrogens with one attached hydrogen (secondary N) is 2. The van der Waals surface area contributed by atoms with Gasteiger partial charge in [-0.1, -0.05) is 0 Å². The molecule has 3 unspecified atom stereocenters. The highest BCUT2D eigenvalue weighted by atomic mass is 16.4. The topological polar surface area (TPSA) is 98.7 Å². The predicted octanol–water partition coefficient (Wildman–Crippen LogP) is 0.249. The molecule has 1 amide bonds. The molecule has 2 aliphatic heterocycles. The second-order valence-electron chi connectivity index (χ2n) is 6.52. The molecule has 2 aliphatic rings. The van der Waals surface area contributed by atoms with Crippen LogP contribution in [0.25, 0.3) is 0 Å². The first kappa shape index (κ1) is 15.3. The molecular formula is C14H24N2O4. The van der Waals surface area contributed by atoms with Crippen molar-refractivity contribution in [3.05, 3.63) is 0 Å². The summed E-state index contributed by atoms with van der Waals surface area (Å²) in [6.07, 6.45) is 4.58. The highest BCUT2D eigenvalue weighted by Gasteiger charge is 2.34. The summed E-state index contributed by atoms with van der Waals surface area (Å²) in [5, 5.41) is 24.7. The maximum absolute atomic E-state index is 11.9. The smallest absolute Gasteiger partial charge is 0.306 e. The van der Waals surface area contributed by atoms with E-state index < -0.39 is 11.6 Å². The van der Waals surface area contributed by atoms with E-state index in [4.69, 9.17) is 5.11 Å². The van der Waals surface area contributed by atoms with Crippen molar-refractivity contribution >= 4 is 11.9 Å². The van der Waals surface area contributed by atoms with Gasteiger partial charge in [0.15, 0.2) is 0 Å². The Kier molecular flexibility index (Phi) is 4.65. The van der Waals surface area contributed by atoms with E-state index in [0.717, 1.165) is 12.8 Å². The van der Waals surface area contributed by atoms with Crippen LogP contribution in [0, 0.1) is 5.92 Å². The third-order valence-electron chi connectivity index (χ3n) is 4.24. The zero-order chi connectivity index (χ0) is 14.8. The van der Waals surface area contributed by atoms with E-state index in [9.17, 15) is 14.7 Å². The molecular weight excluding hydrogens is 260 g/mol. The number of hydrogen-bond acceptors (Lipinski definition) is 4. The van der Waals surface area contributed by atoms with E-state index in [1.165, 1.54) is 19.8 Å². The fourth-order valence-electron chi connectivity index (χ4n) is 3.35. The second-order valence-corrected chi connectivity index (χ2v) is 6.52. The molecule has 0 aromatic rings. The van der Waals surface area contributed by atoms with Gasteiger partial charge in [0.05, 0.1) is 12.0 Å². The maximum Gasteiger partial charge on any atom is 0.306 e. The van der Waals surface area contributed by atoms with E-state index in [0.29, 0.717) is 24.4 Å². The quantitative estimate of drug-likeness (QED) is 0.560. The van der Waals surface area contributed by atoms with E-state index in [1.807, 2.05) is 0 Å². The van der Waals surface area contributed by atoms with Crippen molar-refractivity contribution in [1.82, 2.24) is 10.6 Å². The van der Waals surface area contributed by atoms with Crippen LogP contribution in [0.1, 0.15) is 45.4 Å². The summed E-state index contributed by atoms with van der Waals surface area (Å²) in [6, 6.07) is 1.11. The van der Waals surface area contributed by atoms with Crippen LogP contribution in [0.15, 0.2) is 0 Å². The predicted molar refractivity (Wildman–Crippen MR) is 73.2 cm³/mol. The molecule has 2 fully saturated rings. The molecule has 114 valence electrons. The van der Waals surface area contributed by atoms with Gasteiger partial charge < -0.3 is 20.8 Å². The lowest BCUT2D eigenvalue weighted by atomic mass is 9.89. The van der Waals surface area contributed by atoms with Crippen LogP contribution in [0.2, 0.25) is 0 Å². The van der Waals surface area contributed by atoms with Gasteiger partial charge in [0, 0.05) is 25.0 Å². The Morgan fingerprint density at radius 3 is 2.45 bits per heavy atom. The Hall–Kier alpha value is -1.14. The van der Waals surface area contributed by atoms with Crippen molar-refractivity contribution in [2.45, 2.75) is 63.1 Å². The van der Waals surface area contributed by atoms with Crippen LogP contribution in [0.5, 0.6) is 0 Å². The Balaban J connectivity index is 1.71. The lowest BCUT2D eigenvalue weighted by Gasteiger charge is -2.29. The summed E-state index contributed by atoms with van der Waals surface area (Å²) in [6.45, 7) is 1.40. The lowest BCUT2D eigenvalue weighted by molar-refractivity contribution is -0.142. The Morgan fingerprint density at radius 1 is 1.30 bits per heavy atom. The standard InChI is InChI=1S/C14H24N2O4/c1-14(20,7-13(18)19)8-15-12(17)6-9-4-10-2-3-11(5-9)16-10/h9-11,16,20H,2-8H2,1H3,(H,15,17)(H,18,19). The monoisotopic (exact) mass is 284 g/mol. The summed E-state index contributed by atoms with van der Waals surface area (Å²) in [4.78, 5) is 22.5. The van der Waals surface area contributed by atoms with E-state index in [-0.39, 0.29) is 18.9 Å². The highest BCUT2D eigenvalue weighted by molar-refractivity contribution is 5.76. The fraction of sp³-hybridized carbons (Fsp3) is 0.857. The average Bonchev–Trinajstić information content (AvgIpc) is 2.65. The summed E-state index contributed by atoms with van der Waals surface area (Å²) < 4.78 is 0. The molecule has 0 radical (unpaired) electrons. The number of amides is 1. The first-order chi connectivity index (χ1) is 9.34. The van der Waals surface area contributed by atoms with Gasteiger partial charge >= 0.3 is 5.97 Å². The van der Waals surface area contributed by atoms with Gasteiger partial charge in [-0.05, 0) is 38.5 Å². The maximum atomic E-state index is 11.9. The number of aliphatic carboxylic acids is 1. The molecule has 0 saturated carbocycles. The van der Waals surface area contributed by atoms with Gasteiger partial charge in [0.25, 0.3) is 0 Å². The molecule has 0 aromatic heterocycles. The fourth-order valence-corrected chi connectivity index (χ4v) is 3.35. The van der Waals surface area contributed by atoms with Crippen LogP contribution in [-0.4, -0.2) is 46.3 Å². The number of carbonyl (C=O) groups is 2. The van der Waals surface area contributed by atoms with Crippen LogP contribution >= 0.6 is 0 Å². The first-order valence-electron chi connectivity index (χ1n) is 7.31. The van der Waals surface area contributed by atoms with Crippen molar-refractivity contribution in [2.75, 3.05) is 6.54 Å². The third-order valence-corrected chi connectivity index (χ3v) is 4.24. The number of fused-ring (bicyclic) bond motifs is 2. The minimum atomic E-state index is -1.39. The van der Waals surface area contributed by atoms with Gasteiger partial charge in [-0.2, -0.15) is 0 Å². The van der Waals surface area contributed by atoms with Crippen molar-refractivity contribution in [1.29, 1.82) is 0 Å².